The van der Waals surface area contributed by atoms with E-state index in [4.69, 9.17) is 105 Å². The molecular weight excluding hydrogens is 1930 g/mol. The number of amides is 4. The van der Waals surface area contributed by atoms with Gasteiger partial charge in [-0.15, -0.1) is 0 Å². The van der Waals surface area contributed by atoms with Crippen LogP contribution in [0.5, 0.6) is 11.5 Å². The average molecular weight is 2020 g/mol. The van der Waals surface area contributed by atoms with Crippen LogP contribution >= 0.6 is 97.1 Å². The zero-order valence-corrected chi connectivity index (χ0v) is 81.7. The Labute approximate surface area is 829 Å². The van der Waals surface area contributed by atoms with E-state index in [1.54, 1.807) is 48.2 Å². The maximum absolute atomic E-state index is 12.8. The number of carbonyl (C=O) groups excluding carboxylic acids is 4. The molecule has 0 aliphatic carbocycles. The van der Waals surface area contributed by atoms with Gasteiger partial charge >= 0.3 is 18.3 Å². The van der Waals surface area contributed by atoms with Gasteiger partial charge in [-0.05, 0) is 260 Å². The number of rotatable bonds is 13. The van der Waals surface area contributed by atoms with Crippen LogP contribution in [0.15, 0.2) is 266 Å². The molecule has 6 N–H and O–H groups in total. The lowest BCUT2D eigenvalue weighted by molar-refractivity contribution is -0.130. The quantitative estimate of drug-likeness (QED) is 0.0469. The van der Waals surface area contributed by atoms with Crippen molar-refractivity contribution in [1.82, 2.24) is 59.4 Å². The molecule has 0 radical (unpaired) electrons. The molecule has 136 heavy (non-hydrogen) atoms. The van der Waals surface area contributed by atoms with Crippen LogP contribution in [0.25, 0.3) is 60.2 Å². The number of nitrogens with zero attached hydrogens (tertiary/aromatic N) is 6. The third kappa shape index (κ3) is 20.0. The van der Waals surface area contributed by atoms with Crippen molar-refractivity contribution in [1.29, 1.82) is 0 Å². The molecule has 6 unspecified atom stereocenters. The Morgan fingerprint density at radius 1 is 0.441 bits per heavy atom. The Balaban J connectivity index is 0.000000114. The van der Waals surface area contributed by atoms with Gasteiger partial charge in [0.2, 0.25) is 5.91 Å². The predicted octanol–water partition coefficient (Wildman–Crippen LogP) is 26.9. The van der Waals surface area contributed by atoms with Crippen LogP contribution in [0.1, 0.15) is 148 Å². The highest BCUT2D eigenvalue weighted by atomic mass is 79.9. The standard InChI is InChI=1S/C26H23ClN2O2.C23H21ClN4O2.C21H20Cl2N2O3.C20H18Cl2N2O2.C17H14BrClN2/c1-17(30)29-14-13-22-23-15-20(27)9-12-24(23)28-25(22)26(29)19-7-10-21(11-8-19)31-16-18-5-3-2-4-6-18;1-2-30-23(29)28-11-9-18-19-13-16(24)5-8-20(19)26-21(18)22(28)15-3-6-17(7-4-15)27-12-10-25-14-27;1-12(22)28-21(26)25-10-9-16-17-11-14(23)5-8-18(17)24-19(16)20(25)13-3-6-15(27-2)7-4-13;1-2-26-20(25)24-10-9-13-15-11-12(21)7-8-17(15)23-18(13)19(24)14-5-3-4-6-16(14)22;18-11-3-6-15-14(9-11)13-7-8-20-16(17(13)21-15)10-1-4-12(19)5-2-10/h2-12,15,26,28H,13-14,16H2,1H3;3-8,10,12-14,22,26H,2,9,11H2,1H3;3-8,11-12,20,24H,9-10H2,1-2H3;3-8,11,19,23H,2,9-10H2,1H3;1-6,9,16,20-21H,7-8H2. The van der Waals surface area contributed by atoms with E-state index < -0.39 is 11.7 Å². The second-order valence-electron chi connectivity index (χ2n) is 33.7. The van der Waals surface area contributed by atoms with E-state index in [1.807, 2.05) is 218 Å². The highest BCUT2D eigenvalue weighted by Crippen LogP contribution is 2.47. The second-order valence-corrected chi connectivity index (χ2v) is 37.8. The van der Waals surface area contributed by atoms with Gasteiger partial charge in [0.05, 0.1) is 38.7 Å². The number of halogens is 8. The van der Waals surface area contributed by atoms with Crippen LogP contribution in [0, 0.1) is 0 Å². The van der Waals surface area contributed by atoms with E-state index >= 15 is 0 Å². The van der Waals surface area contributed by atoms with E-state index in [0.29, 0.717) is 72.5 Å². The lowest BCUT2D eigenvalue weighted by Crippen LogP contribution is -2.41. The molecule has 0 fully saturated rings. The number of aromatic amines is 5. The minimum Gasteiger partial charge on any atom is -0.497 e. The molecule has 22 rings (SSSR count). The van der Waals surface area contributed by atoms with Gasteiger partial charge in [0.1, 0.15) is 36.2 Å². The van der Waals surface area contributed by atoms with Crippen molar-refractivity contribution in [3.05, 3.63) is 386 Å². The van der Waals surface area contributed by atoms with Crippen molar-refractivity contribution >= 4 is 176 Å². The summed E-state index contributed by atoms with van der Waals surface area (Å²) in [6.45, 7) is 11.4. The zero-order valence-electron chi connectivity index (χ0n) is 74.9. The van der Waals surface area contributed by atoms with Crippen molar-refractivity contribution in [3.63, 3.8) is 0 Å². The molecule has 11 aromatic carbocycles. The van der Waals surface area contributed by atoms with Gasteiger partial charge in [0.25, 0.3) is 0 Å². The summed E-state index contributed by atoms with van der Waals surface area (Å²) in [5.74, 6) is 1.63. The van der Waals surface area contributed by atoms with E-state index in [1.165, 1.54) is 50.0 Å². The monoisotopic (exact) mass is 2020 g/mol. The van der Waals surface area contributed by atoms with Crippen molar-refractivity contribution < 1.29 is 42.9 Å². The summed E-state index contributed by atoms with van der Waals surface area (Å²) in [7, 11) is 1.63. The molecule has 11 heterocycles. The summed E-state index contributed by atoms with van der Waals surface area (Å²) in [4.78, 5) is 79.5. The van der Waals surface area contributed by atoms with E-state index in [0.717, 1.165) is 158 Å². The number of alkyl halides is 1. The number of imidazole rings is 1. The number of methoxy groups -OCH3 is 1. The molecule has 17 aromatic rings. The number of carbonyl (C=O) groups is 4. The minimum atomic E-state index is -0.702. The van der Waals surface area contributed by atoms with Gasteiger partial charge < -0.3 is 63.4 Å². The van der Waals surface area contributed by atoms with Gasteiger partial charge in [-0.3, -0.25) is 19.5 Å². The molecule has 21 nitrogen and oxygen atoms in total. The first-order valence-corrected chi connectivity index (χ1v) is 48.5. The molecular formula is C107H96BrCl7N12O9. The fraction of sp³-hybridized carbons (Fsp3) is 0.224. The Hall–Kier alpha value is -12.3. The van der Waals surface area contributed by atoms with Crippen LogP contribution in [-0.4, -0.2) is 137 Å². The highest BCUT2D eigenvalue weighted by molar-refractivity contribution is 9.10. The summed E-state index contributed by atoms with van der Waals surface area (Å²) < 4.78 is 30.2. The lowest BCUT2D eigenvalue weighted by Gasteiger charge is -2.35. The largest absolute Gasteiger partial charge is 0.497 e. The van der Waals surface area contributed by atoms with E-state index in [-0.39, 0.29) is 48.3 Å². The van der Waals surface area contributed by atoms with Gasteiger partial charge in [0.15, 0.2) is 5.56 Å². The topological polar surface area (TPSA) is 236 Å². The van der Waals surface area contributed by atoms with Crippen LogP contribution in [0.4, 0.5) is 14.4 Å². The lowest BCUT2D eigenvalue weighted by atomic mass is 9.92. The normalized spacial score (nSPS) is 16.6. The van der Waals surface area contributed by atoms with Gasteiger partial charge in [-0.25, -0.2) is 19.4 Å². The highest BCUT2D eigenvalue weighted by Gasteiger charge is 2.41. The summed E-state index contributed by atoms with van der Waals surface area (Å²) >= 11 is 46.9. The average Bonchev–Trinajstić information content (AvgIpc) is 1.61. The number of hydrogen-bond donors (Lipinski definition) is 6. The van der Waals surface area contributed by atoms with Crippen molar-refractivity contribution in [2.75, 3.05) is 53.0 Å². The van der Waals surface area contributed by atoms with Gasteiger partial charge in [-0.2, -0.15) is 0 Å². The summed E-state index contributed by atoms with van der Waals surface area (Å²) in [6.07, 6.45) is 8.38. The molecule has 0 bridgehead atoms. The first-order valence-electron chi connectivity index (χ1n) is 45.0. The van der Waals surface area contributed by atoms with Gasteiger partial charge in [0, 0.05) is 175 Å². The molecule has 29 heteroatoms. The SMILES string of the molecule is CC(=O)N1CCc2c([nH]c3ccc(Cl)cc23)C1c1ccc(OCc2ccccc2)cc1.CCOC(=O)N1CCc2c([nH]c3ccc(Cl)cc23)C1c1ccc(-n2ccnc2)cc1.CCOC(=O)N1CCc2c([nH]c3ccc(Cl)cc23)C1c1ccccc1Cl.COc1ccc(C2c3[nH]c4ccc(Cl)cc4c3CCN2C(=O)OC(C)Cl)cc1.Clc1ccc(C2NCCc3c2[nH]c2ccc(Br)cc32)cc1. The Morgan fingerprint density at radius 2 is 0.846 bits per heavy atom. The third-order valence-corrected chi connectivity index (χ3v) is 27.6. The number of H-pyrrole nitrogens is 5. The molecule has 5 aliphatic rings. The second kappa shape index (κ2) is 41.7. The number of ether oxygens (including phenoxy) is 5. The summed E-state index contributed by atoms with van der Waals surface area (Å²) in [5, 5.41) is 13.6. The molecule has 6 aromatic heterocycles. The van der Waals surface area contributed by atoms with Crippen LogP contribution in [-0.2, 0) is 57.7 Å². The van der Waals surface area contributed by atoms with Crippen molar-refractivity contribution in [2.24, 2.45) is 0 Å². The maximum atomic E-state index is 12.8. The molecule has 0 saturated carbocycles. The fourth-order valence-corrected chi connectivity index (χ4v) is 20.8. The molecule has 0 saturated heterocycles. The number of hydrogen-bond acceptors (Lipinski definition) is 11. The summed E-state index contributed by atoms with van der Waals surface area (Å²) in [6, 6.07) is 78.6. The first-order chi connectivity index (χ1) is 66.0. The number of fused-ring (bicyclic) bond motifs is 15. The Morgan fingerprint density at radius 3 is 1.31 bits per heavy atom. The molecule has 6 atom stereocenters. The van der Waals surface area contributed by atoms with Crippen molar-refractivity contribution in [2.45, 2.75) is 102 Å². The van der Waals surface area contributed by atoms with Crippen LogP contribution in [0.3, 0.4) is 0 Å². The fourth-order valence-electron chi connectivity index (χ4n) is 19.3. The number of aromatic nitrogens is 7. The minimum absolute atomic E-state index is 0.0664. The van der Waals surface area contributed by atoms with Gasteiger partial charge in [-0.1, -0.05) is 194 Å². The Kier molecular flexibility index (Phi) is 28.8. The first kappa shape index (κ1) is 94.1. The van der Waals surface area contributed by atoms with E-state index in [2.05, 4.69) is 106 Å². The third-order valence-electron chi connectivity index (χ3n) is 25.5. The molecule has 0 spiro atoms. The predicted molar refractivity (Wildman–Crippen MR) is 545 cm³/mol. The van der Waals surface area contributed by atoms with E-state index in [9.17, 15) is 19.2 Å². The number of nitrogens with one attached hydrogen (secondary N) is 6. The van der Waals surface area contributed by atoms with Crippen LogP contribution < -0.4 is 14.8 Å². The Bertz CT molecular complexity index is 7210. The summed E-state index contributed by atoms with van der Waals surface area (Å²) in [5.41, 5.74) is 23.4. The smallest absolute Gasteiger partial charge is 0.412 e. The molecule has 5 aliphatic heterocycles. The maximum Gasteiger partial charge on any atom is 0.412 e. The number of benzene rings is 11. The van der Waals surface area contributed by atoms with Crippen LogP contribution in [0.2, 0.25) is 30.1 Å². The molecule has 694 valence electrons. The zero-order chi connectivity index (χ0) is 94.5. The molecule has 4 amide bonds. The van der Waals surface area contributed by atoms with Crippen molar-refractivity contribution in [3.8, 4) is 17.2 Å².